The van der Waals surface area contributed by atoms with Crippen LogP contribution in [0.15, 0.2) is 35.2 Å². The van der Waals surface area contributed by atoms with Crippen LogP contribution < -0.4 is 5.32 Å². The number of sulfonamides is 1. The Bertz CT molecular complexity index is 959. The van der Waals surface area contributed by atoms with Crippen molar-refractivity contribution in [2.45, 2.75) is 50.0 Å². The Hall–Kier alpha value is -1.84. The van der Waals surface area contributed by atoms with Crippen LogP contribution in [0.5, 0.6) is 0 Å². The van der Waals surface area contributed by atoms with Gasteiger partial charge in [-0.25, -0.2) is 13.4 Å². The van der Waals surface area contributed by atoms with Gasteiger partial charge in [0.15, 0.2) is 0 Å². The zero-order chi connectivity index (χ0) is 19.9. The monoisotopic (exact) mass is 420 g/mol. The molecule has 3 fully saturated rings. The summed E-state index contributed by atoms with van der Waals surface area (Å²) in [6, 6.07) is 8.16. The molecule has 2 bridgehead atoms. The minimum absolute atomic E-state index is 0.158. The van der Waals surface area contributed by atoms with Crippen LogP contribution in [0.2, 0.25) is 0 Å². The van der Waals surface area contributed by atoms with Gasteiger partial charge in [0.2, 0.25) is 21.1 Å². The Balaban J connectivity index is 1.55. The quantitative estimate of drug-likeness (QED) is 0.802. The van der Waals surface area contributed by atoms with Crippen molar-refractivity contribution in [2.24, 2.45) is 11.8 Å². The van der Waals surface area contributed by atoms with E-state index in [0.717, 1.165) is 6.42 Å². The average Bonchev–Trinajstić information content (AvgIpc) is 3.17. The molecule has 3 heterocycles. The third-order valence-corrected chi connectivity index (χ3v) is 8.16. The molecule has 1 aliphatic carbocycles. The number of hydrogen-bond acceptors (Lipinski definition) is 6. The summed E-state index contributed by atoms with van der Waals surface area (Å²) < 4.78 is 32.1. The number of benzene rings is 1. The Morgan fingerprint density at radius 2 is 2.00 bits per heavy atom. The molecule has 1 saturated carbocycles. The molecule has 5 rings (SSSR count). The van der Waals surface area contributed by atoms with Gasteiger partial charge in [0.05, 0.1) is 10.8 Å². The van der Waals surface area contributed by atoms with E-state index in [-0.39, 0.29) is 34.6 Å². The third-order valence-electron chi connectivity index (χ3n) is 5.61. The summed E-state index contributed by atoms with van der Waals surface area (Å²) in [6.45, 7) is 4.49. The number of hydrogen-bond donors (Lipinski definition) is 1. The Morgan fingerprint density at radius 1 is 1.25 bits per heavy atom. The largest absolute Gasteiger partial charge is 0.300 e. The lowest BCUT2D eigenvalue weighted by Crippen LogP contribution is -2.57. The Morgan fingerprint density at radius 3 is 2.64 bits per heavy atom. The zero-order valence-electron chi connectivity index (χ0n) is 15.9. The second kappa shape index (κ2) is 7.53. The number of aromatic nitrogens is 2. The number of nitrogens with zero attached hydrogens (tertiary/aromatic N) is 3. The van der Waals surface area contributed by atoms with Crippen LogP contribution in [-0.2, 0) is 14.8 Å². The molecule has 2 aromatic rings. The Kier molecular flexibility index (Phi) is 5.24. The van der Waals surface area contributed by atoms with Gasteiger partial charge in [0, 0.05) is 30.0 Å². The van der Waals surface area contributed by atoms with Crippen LogP contribution >= 0.6 is 11.5 Å². The minimum Gasteiger partial charge on any atom is -0.300 e. The molecule has 1 amide bonds. The van der Waals surface area contributed by atoms with E-state index in [1.54, 1.807) is 34.6 Å². The van der Waals surface area contributed by atoms with E-state index in [0.29, 0.717) is 30.3 Å². The van der Waals surface area contributed by atoms with E-state index in [9.17, 15) is 13.2 Å². The van der Waals surface area contributed by atoms with E-state index in [2.05, 4.69) is 14.7 Å². The molecule has 1 aromatic carbocycles. The lowest BCUT2D eigenvalue weighted by molar-refractivity contribution is -0.125. The van der Waals surface area contributed by atoms with Crippen LogP contribution in [0, 0.1) is 11.8 Å². The number of carbonyl (C=O) groups excluding carboxylic acids is 1. The number of amides is 1. The lowest BCUT2D eigenvalue weighted by Gasteiger charge is -2.48. The molecule has 7 nitrogen and oxygen atoms in total. The fourth-order valence-electron chi connectivity index (χ4n) is 4.15. The molecule has 1 N–H and O–H groups in total. The first-order valence-corrected chi connectivity index (χ1v) is 11.8. The second-order valence-corrected chi connectivity index (χ2v) is 10.5. The maximum absolute atomic E-state index is 13.2. The molecule has 0 unspecified atom stereocenters. The minimum atomic E-state index is -3.61. The van der Waals surface area contributed by atoms with E-state index in [4.69, 9.17) is 0 Å². The van der Waals surface area contributed by atoms with Crippen molar-refractivity contribution in [2.75, 3.05) is 11.9 Å². The van der Waals surface area contributed by atoms with Crippen LogP contribution in [0.3, 0.4) is 0 Å². The van der Waals surface area contributed by atoms with E-state index < -0.39 is 10.0 Å². The van der Waals surface area contributed by atoms with Crippen molar-refractivity contribution < 1.29 is 13.2 Å². The lowest BCUT2D eigenvalue weighted by atomic mass is 9.73. The average molecular weight is 421 g/mol. The highest BCUT2D eigenvalue weighted by Gasteiger charge is 2.48. The van der Waals surface area contributed by atoms with Crippen molar-refractivity contribution in [3.05, 3.63) is 36.2 Å². The number of piperidine rings is 2. The molecular weight excluding hydrogens is 396 g/mol. The van der Waals surface area contributed by atoms with Crippen molar-refractivity contribution in [3.8, 4) is 0 Å². The van der Waals surface area contributed by atoms with Gasteiger partial charge >= 0.3 is 0 Å². The molecule has 3 aliphatic rings. The summed E-state index contributed by atoms with van der Waals surface area (Å²) in [7, 11) is -3.61. The van der Waals surface area contributed by atoms with E-state index in [1.165, 1.54) is 11.5 Å². The van der Waals surface area contributed by atoms with E-state index in [1.807, 2.05) is 13.8 Å². The van der Waals surface area contributed by atoms with Crippen molar-refractivity contribution in [3.63, 3.8) is 0 Å². The van der Waals surface area contributed by atoms with Crippen molar-refractivity contribution in [1.82, 2.24) is 13.7 Å². The summed E-state index contributed by atoms with van der Waals surface area (Å²) in [6.07, 6.45) is 2.39. The summed E-state index contributed by atoms with van der Waals surface area (Å²) in [5.74, 6) is 0.587. The highest BCUT2D eigenvalue weighted by molar-refractivity contribution is 7.89. The smallest absolute Gasteiger partial charge is 0.243 e. The van der Waals surface area contributed by atoms with Gasteiger partial charge in [-0.2, -0.15) is 8.68 Å². The van der Waals surface area contributed by atoms with Crippen molar-refractivity contribution >= 4 is 32.6 Å². The van der Waals surface area contributed by atoms with Crippen LogP contribution in [-0.4, -0.2) is 40.6 Å². The summed E-state index contributed by atoms with van der Waals surface area (Å²) in [4.78, 5) is 17.6. The van der Waals surface area contributed by atoms with Crippen LogP contribution in [0.1, 0.15) is 44.9 Å². The molecule has 1 aromatic heterocycles. The topological polar surface area (TPSA) is 92.3 Å². The van der Waals surface area contributed by atoms with Gasteiger partial charge in [-0.05, 0) is 37.3 Å². The standard InChI is InChI=1S/C19H24N4O3S2/c1-12(2)17-20-19(27-22-17)21-18(24)15-10-13-8-9-16(15)23(11-13)28(25,26)14-6-4-3-5-7-14/h3-7,12-13,15-16H,8-11H2,1-2H3,(H,20,21,22,24)/t13-,15+,16+/m0/s1. The SMILES string of the molecule is CC(C)c1nsc(NC(=O)[C@@H]2C[C@@H]3CC[C@H]2N(S(=O)(=O)c2ccccc2)C3)n1. The number of carbonyl (C=O) groups is 1. The second-order valence-electron chi connectivity index (χ2n) is 7.84. The van der Waals surface area contributed by atoms with Gasteiger partial charge < -0.3 is 5.32 Å². The van der Waals surface area contributed by atoms with Crippen molar-refractivity contribution in [1.29, 1.82) is 0 Å². The van der Waals surface area contributed by atoms with Gasteiger partial charge in [-0.1, -0.05) is 32.0 Å². The highest BCUT2D eigenvalue weighted by atomic mass is 32.2. The number of nitrogens with one attached hydrogen (secondary N) is 1. The molecule has 2 saturated heterocycles. The summed E-state index contributed by atoms with van der Waals surface area (Å²) in [5, 5.41) is 3.35. The maximum Gasteiger partial charge on any atom is 0.243 e. The zero-order valence-corrected chi connectivity index (χ0v) is 17.5. The fourth-order valence-corrected chi connectivity index (χ4v) is 6.65. The molecule has 9 heteroatoms. The van der Waals surface area contributed by atoms with Crippen LogP contribution in [0.25, 0.3) is 0 Å². The van der Waals surface area contributed by atoms with Crippen LogP contribution in [0.4, 0.5) is 5.13 Å². The first kappa shape index (κ1) is 19.5. The number of anilines is 1. The fraction of sp³-hybridized carbons (Fsp3) is 0.526. The van der Waals surface area contributed by atoms with Gasteiger partial charge in [-0.3, -0.25) is 4.79 Å². The first-order valence-electron chi connectivity index (χ1n) is 9.57. The summed E-state index contributed by atoms with van der Waals surface area (Å²) in [5.41, 5.74) is 0. The Labute approximate surface area is 169 Å². The summed E-state index contributed by atoms with van der Waals surface area (Å²) >= 11 is 1.17. The maximum atomic E-state index is 13.2. The molecule has 150 valence electrons. The normalized spacial score (nSPS) is 25.2. The van der Waals surface area contributed by atoms with Gasteiger partial charge in [0.1, 0.15) is 5.82 Å². The number of fused-ring (bicyclic) bond motifs is 3. The predicted octanol–water partition coefficient (Wildman–Crippen LogP) is 3.09. The first-order chi connectivity index (χ1) is 13.4. The highest BCUT2D eigenvalue weighted by Crippen LogP contribution is 2.42. The molecule has 28 heavy (non-hydrogen) atoms. The molecule has 0 radical (unpaired) electrons. The molecule has 0 spiro atoms. The predicted molar refractivity (Wildman–Crippen MR) is 108 cm³/mol. The van der Waals surface area contributed by atoms with E-state index >= 15 is 0 Å². The number of rotatable bonds is 5. The van der Waals surface area contributed by atoms with Gasteiger partial charge in [-0.15, -0.1) is 0 Å². The molecular formula is C19H24N4O3S2. The third kappa shape index (κ3) is 3.58. The van der Waals surface area contributed by atoms with Gasteiger partial charge in [0.25, 0.3) is 0 Å². The molecule has 2 aliphatic heterocycles. The molecule has 3 atom stereocenters.